The molecule has 0 spiro atoms. The number of hydrogen-bond donors (Lipinski definition) is 0. The monoisotopic (exact) mass is 299 g/mol. The van der Waals surface area contributed by atoms with Gasteiger partial charge in [0.25, 0.3) is 0 Å². The summed E-state index contributed by atoms with van der Waals surface area (Å²) in [5.41, 5.74) is 10.3. The maximum Gasteiger partial charge on any atom is 0.229 e. The van der Waals surface area contributed by atoms with Crippen LogP contribution in [0.4, 0.5) is 5.13 Å². The lowest BCUT2D eigenvalue weighted by atomic mass is 10.1. The molecule has 0 bridgehead atoms. The van der Waals surface area contributed by atoms with Crippen LogP contribution in [0.5, 0.6) is 0 Å². The largest absolute Gasteiger partial charge is 0.288 e. The number of benzene rings is 1. The molecule has 1 aliphatic heterocycles. The Bertz CT molecular complexity index is 692. The fourth-order valence-corrected chi connectivity index (χ4v) is 3.23. The molecule has 0 aliphatic carbocycles. The van der Waals surface area contributed by atoms with Crippen molar-refractivity contribution in [2.45, 2.75) is 6.42 Å². The average Bonchev–Trinajstić information content (AvgIpc) is 3.12. The predicted octanol–water partition coefficient (Wildman–Crippen LogP) is 3.47. The molecule has 0 N–H and O–H groups in total. The molecule has 1 atom stereocenters. The molecule has 1 aliphatic rings. The molecule has 6 nitrogen and oxygen atoms in total. The van der Waals surface area contributed by atoms with Crippen molar-refractivity contribution in [1.82, 2.24) is 4.98 Å². The maximum absolute atomic E-state index is 12.1. The van der Waals surface area contributed by atoms with Crippen LogP contribution in [0.3, 0.4) is 0 Å². The molecule has 0 saturated carbocycles. The van der Waals surface area contributed by atoms with Crippen molar-refractivity contribution in [3.63, 3.8) is 0 Å². The van der Waals surface area contributed by atoms with E-state index in [1.807, 2.05) is 35.7 Å². The predicted molar refractivity (Wildman–Crippen MR) is 82.0 cm³/mol. The van der Waals surface area contributed by atoms with Crippen LogP contribution < -0.4 is 4.90 Å². The van der Waals surface area contributed by atoms with Gasteiger partial charge >= 0.3 is 0 Å². The maximum atomic E-state index is 12.1. The number of nitrogens with zero attached hydrogens (tertiary/aromatic N) is 5. The van der Waals surface area contributed by atoms with Gasteiger partial charge < -0.3 is 0 Å². The van der Waals surface area contributed by atoms with Gasteiger partial charge in [0.15, 0.2) is 5.13 Å². The molecular formula is C14H13N5OS. The lowest BCUT2D eigenvalue weighted by Crippen LogP contribution is -2.24. The first kappa shape index (κ1) is 13.6. The SMILES string of the molecule is [N-]=[N+]=NCC1CC(=O)N(c2nc(-c3ccccc3)cs2)C1. The van der Waals surface area contributed by atoms with Crippen LogP contribution in [0.25, 0.3) is 21.7 Å². The van der Waals surface area contributed by atoms with Gasteiger partial charge in [0.05, 0.1) is 5.69 Å². The Labute approximate surface area is 125 Å². The molecule has 21 heavy (non-hydrogen) atoms. The van der Waals surface area contributed by atoms with Crippen LogP contribution in [0.1, 0.15) is 6.42 Å². The van der Waals surface area contributed by atoms with E-state index in [4.69, 9.17) is 5.53 Å². The zero-order valence-corrected chi connectivity index (χ0v) is 12.0. The van der Waals surface area contributed by atoms with Gasteiger partial charge in [0.1, 0.15) is 0 Å². The van der Waals surface area contributed by atoms with Crippen molar-refractivity contribution < 1.29 is 4.79 Å². The molecule has 1 amide bonds. The Morgan fingerprint density at radius 1 is 1.43 bits per heavy atom. The first-order valence-corrected chi connectivity index (χ1v) is 7.48. The van der Waals surface area contributed by atoms with Gasteiger partial charge in [-0.15, -0.1) is 11.3 Å². The first-order valence-electron chi connectivity index (χ1n) is 6.60. The van der Waals surface area contributed by atoms with E-state index in [0.29, 0.717) is 24.6 Å². The lowest BCUT2D eigenvalue weighted by molar-refractivity contribution is -0.117. The summed E-state index contributed by atoms with van der Waals surface area (Å²) >= 11 is 1.46. The van der Waals surface area contributed by atoms with Crippen molar-refractivity contribution >= 4 is 22.4 Å². The Balaban J connectivity index is 1.77. The highest BCUT2D eigenvalue weighted by molar-refractivity contribution is 7.14. The smallest absolute Gasteiger partial charge is 0.229 e. The third-order valence-electron chi connectivity index (χ3n) is 3.40. The number of carbonyl (C=O) groups excluding carboxylic acids is 1. The molecular weight excluding hydrogens is 286 g/mol. The number of hydrogen-bond acceptors (Lipinski definition) is 4. The fraction of sp³-hybridized carbons (Fsp3) is 0.286. The molecule has 7 heteroatoms. The Morgan fingerprint density at radius 3 is 3.00 bits per heavy atom. The molecule has 0 radical (unpaired) electrons. The second-order valence-corrected chi connectivity index (χ2v) is 5.71. The van der Waals surface area contributed by atoms with Crippen LogP contribution in [-0.4, -0.2) is 24.0 Å². The van der Waals surface area contributed by atoms with E-state index in [9.17, 15) is 4.79 Å². The van der Waals surface area contributed by atoms with Gasteiger partial charge in [-0.3, -0.25) is 9.69 Å². The number of carbonyl (C=O) groups is 1. The van der Waals surface area contributed by atoms with Crippen LogP contribution >= 0.6 is 11.3 Å². The summed E-state index contributed by atoms with van der Waals surface area (Å²) in [7, 11) is 0. The zero-order valence-electron chi connectivity index (χ0n) is 11.2. The highest BCUT2D eigenvalue weighted by Gasteiger charge is 2.31. The summed E-state index contributed by atoms with van der Waals surface area (Å²) in [6, 6.07) is 9.88. The molecule has 1 saturated heterocycles. The van der Waals surface area contributed by atoms with Crippen molar-refractivity contribution in [2.75, 3.05) is 18.0 Å². The Kier molecular flexibility index (Phi) is 3.85. The number of thiazole rings is 1. The zero-order chi connectivity index (χ0) is 14.7. The summed E-state index contributed by atoms with van der Waals surface area (Å²) in [5.74, 6) is 0.125. The third kappa shape index (κ3) is 2.89. The highest BCUT2D eigenvalue weighted by Crippen LogP contribution is 2.31. The number of azide groups is 1. The van der Waals surface area contributed by atoms with Gasteiger partial charge in [-0.1, -0.05) is 35.4 Å². The quantitative estimate of drug-likeness (QED) is 0.492. The third-order valence-corrected chi connectivity index (χ3v) is 4.26. The van der Waals surface area contributed by atoms with E-state index in [2.05, 4.69) is 15.0 Å². The lowest BCUT2D eigenvalue weighted by Gasteiger charge is -2.11. The van der Waals surface area contributed by atoms with E-state index in [1.165, 1.54) is 11.3 Å². The molecule has 106 valence electrons. The van der Waals surface area contributed by atoms with Crippen molar-refractivity contribution in [2.24, 2.45) is 11.0 Å². The summed E-state index contributed by atoms with van der Waals surface area (Å²) in [6.45, 7) is 0.926. The molecule has 3 rings (SSSR count). The average molecular weight is 299 g/mol. The highest BCUT2D eigenvalue weighted by atomic mass is 32.1. The standard InChI is InChI=1S/C14H13N5OS/c15-18-16-7-10-6-13(20)19(8-10)14-17-12(9-21-14)11-4-2-1-3-5-11/h1-5,9-10H,6-8H2. The van der Waals surface area contributed by atoms with Gasteiger partial charge in [-0.05, 0) is 11.4 Å². The summed E-state index contributed by atoms with van der Waals surface area (Å²) < 4.78 is 0. The topological polar surface area (TPSA) is 82.0 Å². The van der Waals surface area contributed by atoms with E-state index in [-0.39, 0.29) is 11.8 Å². The minimum absolute atomic E-state index is 0.0436. The van der Waals surface area contributed by atoms with Crippen LogP contribution in [0.15, 0.2) is 40.8 Å². The minimum Gasteiger partial charge on any atom is -0.288 e. The van der Waals surface area contributed by atoms with Crippen molar-refractivity contribution in [1.29, 1.82) is 0 Å². The van der Waals surface area contributed by atoms with Crippen LogP contribution in [0, 0.1) is 5.92 Å². The molecule has 1 fully saturated rings. The molecule has 1 unspecified atom stereocenters. The summed E-state index contributed by atoms with van der Waals surface area (Å²) in [4.78, 5) is 21.0. The second-order valence-electron chi connectivity index (χ2n) is 4.87. The number of anilines is 1. The second kappa shape index (κ2) is 5.95. The molecule has 2 aromatic rings. The number of amides is 1. The van der Waals surface area contributed by atoms with Gasteiger partial charge in [-0.25, -0.2) is 4.98 Å². The van der Waals surface area contributed by atoms with Crippen molar-refractivity contribution in [3.8, 4) is 11.3 Å². The van der Waals surface area contributed by atoms with Crippen molar-refractivity contribution in [3.05, 3.63) is 46.2 Å². The number of aromatic nitrogens is 1. The van der Waals surface area contributed by atoms with E-state index in [0.717, 1.165) is 11.3 Å². The molecule has 2 heterocycles. The number of rotatable bonds is 4. The Morgan fingerprint density at radius 2 is 2.24 bits per heavy atom. The fourth-order valence-electron chi connectivity index (χ4n) is 2.37. The van der Waals surface area contributed by atoms with Gasteiger partial charge in [0, 0.05) is 35.4 Å². The van der Waals surface area contributed by atoms with Crippen LogP contribution in [-0.2, 0) is 4.79 Å². The minimum atomic E-state index is 0.0436. The summed E-state index contributed by atoms with van der Waals surface area (Å²) in [6.07, 6.45) is 0.416. The van der Waals surface area contributed by atoms with Gasteiger partial charge in [0.2, 0.25) is 5.91 Å². The van der Waals surface area contributed by atoms with E-state index >= 15 is 0 Å². The van der Waals surface area contributed by atoms with E-state index in [1.54, 1.807) is 4.90 Å². The van der Waals surface area contributed by atoms with Crippen LogP contribution in [0.2, 0.25) is 0 Å². The first-order chi connectivity index (χ1) is 10.3. The van der Waals surface area contributed by atoms with Gasteiger partial charge in [-0.2, -0.15) is 0 Å². The normalized spacial score (nSPS) is 17.8. The summed E-state index contributed by atoms with van der Waals surface area (Å²) in [5, 5.41) is 6.22. The molecule has 1 aromatic heterocycles. The Hall–Kier alpha value is -2.37. The molecule has 1 aromatic carbocycles. The van der Waals surface area contributed by atoms with E-state index < -0.39 is 0 Å².